The molecule has 0 saturated carbocycles. The van der Waals surface area contributed by atoms with Gasteiger partial charge in [-0.15, -0.1) is 10.2 Å². The molecule has 0 N–H and O–H groups in total. The summed E-state index contributed by atoms with van der Waals surface area (Å²) in [6.45, 7) is 0. The standard InChI is InChI=1S/C18H13N7S/c1-24-11-13(10-20-24)16-6-7-17-21-22-18(25(17)23-16)26-14-4-5-15-12(9-14)3-2-8-19-15/h2-11H,1H3/i8D. The molecule has 5 aromatic rings. The minimum Gasteiger partial charge on any atom is -0.275 e. The molecule has 0 fully saturated rings. The van der Waals surface area contributed by atoms with Gasteiger partial charge < -0.3 is 0 Å². The van der Waals surface area contributed by atoms with E-state index in [0.717, 1.165) is 27.1 Å². The molecule has 0 bridgehead atoms. The van der Waals surface area contributed by atoms with E-state index in [1.807, 2.05) is 49.6 Å². The second kappa shape index (κ2) is 5.92. The van der Waals surface area contributed by atoms with E-state index in [9.17, 15) is 0 Å². The van der Waals surface area contributed by atoms with E-state index in [0.29, 0.717) is 10.8 Å². The van der Waals surface area contributed by atoms with Crippen LogP contribution in [0.2, 0.25) is 0 Å². The molecule has 0 aliphatic heterocycles. The van der Waals surface area contributed by atoms with Gasteiger partial charge in [0.1, 0.15) is 0 Å². The van der Waals surface area contributed by atoms with E-state index in [-0.39, 0.29) is 6.17 Å². The maximum absolute atomic E-state index is 7.62. The lowest BCUT2D eigenvalue weighted by molar-refractivity contribution is 0.767. The van der Waals surface area contributed by atoms with Crippen LogP contribution in [-0.4, -0.2) is 34.6 Å². The molecular formula is C18H13N7S. The topological polar surface area (TPSA) is 73.8 Å². The van der Waals surface area contributed by atoms with Crippen LogP contribution in [-0.2, 0) is 7.05 Å². The third-order valence-electron chi connectivity index (χ3n) is 3.97. The lowest BCUT2D eigenvalue weighted by atomic mass is 10.2. The number of fused-ring (bicyclic) bond motifs is 2. The summed E-state index contributed by atoms with van der Waals surface area (Å²) in [5, 5.41) is 19.0. The van der Waals surface area contributed by atoms with Crippen LogP contribution in [0, 0.1) is 0 Å². The molecule has 7 nitrogen and oxygen atoms in total. The number of benzene rings is 1. The first-order valence-corrected chi connectivity index (χ1v) is 8.74. The molecule has 0 radical (unpaired) electrons. The predicted molar refractivity (Wildman–Crippen MR) is 98.8 cm³/mol. The number of rotatable bonds is 3. The van der Waals surface area contributed by atoms with Crippen molar-refractivity contribution >= 4 is 28.3 Å². The van der Waals surface area contributed by atoms with Crippen LogP contribution in [0.1, 0.15) is 1.37 Å². The smallest absolute Gasteiger partial charge is 0.217 e. The average Bonchev–Trinajstić information content (AvgIpc) is 3.28. The van der Waals surface area contributed by atoms with Gasteiger partial charge in [0.25, 0.3) is 0 Å². The first-order chi connectivity index (χ1) is 13.2. The molecule has 1 aromatic carbocycles. The molecule has 0 amide bonds. The molecule has 5 rings (SSSR count). The van der Waals surface area contributed by atoms with E-state index in [1.165, 1.54) is 11.8 Å². The highest BCUT2D eigenvalue weighted by Crippen LogP contribution is 2.29. The first kappa shape index (κ1) is 14.0. The zero-order valence-electron chi connectivity index (χ0n) is 14.7. The Hall–Kier alpha value is -3.26. The highest BCUT2D eigenvalue weighted by molar-refractivity contribution is 7.99. The molecule has 0 unspecified atom stereocenters. The van der Waals surface area contributed by atoms with Crippen molar-refractivity contribution in [3.63, 3.8) is 0 Å². The Morgan fingerprint density at radius 2 is 2.08 bits per heavy atom. The van der Waals surface area contributed by atoms with Crippen molar-refractivity contribution in [2.24, 2.45) is 7.05 Å². The number of hydrogen-bond acceptors (Lipinski definition) is 6. The van der Waals surface area contributed by atoms with Crippen molar-refractivity contribution in [3.8, 4) is 11.3 Å². The largest absolute Gasteiger partial charge is 0.275 e. The van der Waals surface area contributed by atoms with Crippen LogP contribution in [0.3, 0.4) is 0 Å². The summed E-state index contributed by atoms with van der Waals surface area (Å²) in [6.07, 6.45) is 3.96. The Bertz CT molecular complexity index is 1290. The molecule has 0 saturated heterocycles. The first-order valence-electron chi connectivity index (χ1n) is 8.42. The monoisotopic (exact) mass is 360 g/mol. The van der Waals surface area contributed by atoms with E-state index in [4.69, 9.17) is 1.37 Å². The van der Waals surface area contributed by atoms with Gasteiger partial charge in [-0.05, 0) is 48.2 Å². The number of hydrogen-bond donors (Lipinski definition) is 0. The number of pyridine rings is 1. The Kier molecular flexibility index (Phi) is 3.18. The van der Waals surface area contributed by atoms with Gasteiger partial charge in [0.15, 0.2) is 5.65 Å². The molecular weight excluding hydrogens is 346 g/mol. The summed E-state index contributed by atoms with van der Waals surface area (Å²) < 4.78 is 11.1. The van der Waals surface area contributed by atoms with Gasteiger partial charge in [-0.3, -0.25) is 9.67 Å². The quantitative estimate of drug-likeness (QED) is 0.492. The summed E-state index contributed by atoms with van der Waals surface area (Å²) in [4.78, 5) is 5.22. The average molecular weight is 360 g/mol. The van der Waals surface area contributed by atoms with Gasteiger partial charge in [0.2, 0.25) is 5.16 Å². The Labute approximate surface area is 154 Å². The van der Waals surface area contributed by atoms with Crippen LogP contribution < -0.4 is 0 Å². The van der Waals surface area contributed by atoms with Crippen molar-refractivity contribution in [2.45, 2.75) is 10.1 Å². The highest BCUT2D eigenvalue weighted by atomic mass is 32.2. The minimum atomic E-state index is 0.262. The summed E-state index contributed by atoms with van der Waals surface area (Å²) in [5.41, 5.74) is 3.23. The maximum Gasteiger partial charge on any atom is 0.217 e. The number of aromatic nitrogens is 7. The van der Waals surface area contributed by atoms with Crippen molar-refractivity contribution in [1.29, 1.82) is 0 Å². The van der Waals surface area contributed by atoms with Crippen molar-refractivity contribution < 1.29 is 1.37 Å². The fraction of sp³-hybridized carbons (Fsp3) is 0.0556. The number of aryl methyl sites for hydroxylation is 1. The van der Waals surface area contributed by atoms with Gasteiger partial charge in [-0.1, -0.05) is 6.07 Å². The maximum atomic E-state index is 7.62. The number of nitrogens with zero attached hydrogens (tertiary/aromatic N) is 7. The summed E-state index contributed by atoms with van der Waals surface area (Å²) in [7, 11) is 1.88. The van der Waals surface area contributed by atoms with E-state index in [1.54, 1.807) is 21.5 Å². The Morgan fingerprint density at radius 3 is 2.96 bits per heavy atom. The van der Waals surface area contributed by atoms with Crippen molar-refractivity contribution in [3.05, 3.63) is 61.0 Å². The zero-order valence-corrected chi connectivity index (χ0v) is 14.6. The van der Waals surface area contributed by atoms with Crippen LogP contribution in [0.4, 0.5) is 0 Å². The van der Waals surface area contributed by atoms with Crippen molar-refractivity contribution in [1.82, 2.24) is 34.6 Å². The fourth-order valence-corrected chi connectivity index (χ4v) is 3.55. The van der Waals surface area contributed by atoms with E-state index < -0.39 is 0 Å². The van der Waals surface area contributed by atoms with Crippen molar-refractivity contribution in [2.75, 3.05) is 0 Å². The fourth-order valence-electron chi connectivity index (χ4n) is 2.71. The molecule has 4 heterocycles. The van der Waals surface area contributed by atoms with Crippen LogP contribution in [0.15, 0.2) is 71.1 Å². The van der Waals surface area contributed by atoms with Gasteiger partial charge in [-0.25, -0.2) is 0 Å². The Balaban J connectivity index is 1.54. The molecule has 0 aliphatic rings. The van der Waals surface area contributed by atoms with Crippen LogP contribution in [0.5, 0.6) is 0 Å². The van der Waals surface area contributed by atoms with Gasteiger partial charge >= 0.3 is 0 Å². The lowest BCUT2D eigenvalue weighted by Gasteiger charge is -2.03. The van der Waals surface area contributed by atoms with Crippen LogP contribution in [0.25, 0.3) is 27.8 Å². The van der Waals surface area contributed by atoms with E-state index >= 15 is 0 Å². The molecule has 126 valence electrons. The highest BCUT2D eigenvalue weighted by Gasteiger charge is 2.11. The third-order valence-corrected chi connectivity index (χ3v) is 4.89. The molecule has 8 heteroatoms. The van der Waals surface area contributed by atoms with E-state index in [2.05, 4.69) is 25.4 Å². The molecule has 0 spiro atoms. The molecule has 0 aliphatic carbocycles. The van der Waals surface area contributed by atoms with Gasteiger partial charge in [-0.2, -0.15) is 14.7 Å². The third kappa shape index (κ3) is 2.60. The normalized spacial score (nSPS) is 12.0. The molecule has 0 atom stereocenters. The second-order valence-corrected chi connectivity index (χ2v) is 6.81. The van der Waals surface area contributed by atoms with Crippen LogP contribution >= 0.6 is 11.8 Å². The molecule has 26 heavy (non-hydrogen) atoms. The second-order valence-electron chi connectivity index (χ2n) is 5.77. The summed E-state index contributed by atoms with van der Waals surface area (Å²) in [5.74, 6) is 0. The SMILES string of the molecule is [2H]c1ccc2cc(Sc3nnc4ccc(-c5cnn(C)c5)nn34)ccc2n1. The zero-order chi connectivity index (χ0) is 18.4. The predicted octanol–water partition coefficient (Wildman–Crippen LogP) is 3.22. The summed E-state index contributed by atoms with van der Waals surface area (Å²) in [6, 6.07) is 13.3. The lowest BCUT2D eigenvalue weighted by Crippen LogP contribution is -1.96. The molecule has 4 aromatic heterocycles. The van der Waals surface area contributed by atoms with Gasteiger partial charge in [0, 0.05) is 35.3 Å². The van der Waals surface area contributed by atoms with Gasteiger partial charge in [0.05, 0.1) is 18.8 Å². The Morgan fingerprint density at radius 1 is 1.12 bits per heavy atom. The summed E-state index contributed by atoms with van der Waals surface area (Å²) >= 11 is 1.48. The minimum absolute atomic E-state index is 0.262.